The van der Waals surface area contributed by atoms with E-state index in [4.69, 9.17) is 9.84 Å². The van der Waals surface area contributed by atoms with Gasteiger partial charge in [-0.05, 0) is 24.3 Å². The zero-order valence-corrected chi connectivity index (χ0v) is 11.9. The van der Waals surface area contributed by atoms with Crippen molar-refractivity contribution in [3.8, 4) is 5.75 Å². The number of hydrogen-bond donors (Lipinski definition) is 2. The van der Waals surface area contributed by atoms with E-state index in [1.54, 1.807) is 24.3 Å². The molecule has 2 aromatic carbocycles. The van der Waals surface area contributed by atoms with Crippen LogP contribution >= 0.6 is 0 Å². The number of benzene rings is 2. The molecule has 0 bridgehead atoms. The Labute approximate surface area is 131 Å². The molecule has 2 aromatic rings. The number of amides is 1. The van der Waals surface area contributed by atoms with E-state index in [9.17, 15) is 14.0 Å². The van der Waals surface area contributed by atoms with Gasteiger partial charge in [0.1, 0.15) is 11.6 Å². The third-order valence-corrected chi connectivity index (χ3v) is 2.76. The van der Waals surface area contributed by atoms with E-state index in [0.717, 1.165) is 0 Å². The highest BCUT2D eigenvalue weighted by atomic mass is 19.1. The average Bonchev–Trinajstić information content (AvgIpc) is 2.54. The lowest BCUT2D eigenvalue weighted by Crippen LogP contribution is -2.19. The lowest BCUT2D eigenvalue weighted by atomic mass is 10.2. The van der Waals surface area contributed by atoms with Gasteiger partial charge in [-0.2, -0.15) is 5.10 Å². The number of nitrogens with one attached hydrogen (secondary N) is 1. The maximum absolute atomic E-state index is 13.4. The van der Waals surface area contributed by atoms with Gasteiger partial charge in [0.05, 0.1) is 11.8 Å². The zero-order chi connectivity index (χ0) is 16.7. The Morgan fingerprint density at radius 3 is 2.61 bits per heavy atom. The predicted molar refractivity (Wildman–Crippen MR) is 81.0 cm³/mol. The van der Waals surface area contributed by atoms with Crippen molar-refractivity contribution in [1.82, 2.24) is 5.43 Å². The fourth-order valence-corrected chi connectivity index (χ4v) is 1.72. The van der Waals surface area contributed by atoms with Gasteiger partial charge in [-0.3, -0.25) is 4.79 Å². The first-order valence-electron chi connectivity index (χ1n) is 6.59. The molecule has 0 saturated carbocycles. The largest absolute Gasteiger partial charge is 0.481 e. The van der Waals surface area contributed by atoms with Crippen molar-refractivity contribution in [2.24, 2.45) is 5.10 Å². The fourth-order valence-electron chi connectivity index (χ4n) is 1.72. The van der Waals surface area contributed by atoms with Crippen LogP contribution in [-0.4, -0.2) is 29.8 Å². The van der Waals surface area contributed by atoms with Crippen molar-refractivity contribution in [3.63, 3.8) is 0 Å². The van der Waals surface area contributed by atoms with Crippen molar-refractivity contribution >= 4 is 18.1 Å². The van der Waals surface area contributed by atoms with Crippen molar-refractivity contribution in [3.05, 3.63) is 65.5 Å². The van der Waals surface area contributed by atoms with Crippen molar-refractivity contribution < 1.29 is 23.8 Å². The number of nitrogens with zero attached hydrogens (tertiary/aromatic N) is 1. The minimum atomic E-state index is -1.11. The Balaban J connectivity index is 2.05. The molecule has 1 amide bonds. The van der Waals surface area contributed by atoms with Crippen molar-refractivity contribution in [1.29, 1.82) is 0 Å². The predicted octanol–water partition coefficient (Wildman–Crippen LogP) is 2.05. The summed E-state index contributed by atoms with van der Waals surface area (Å²) in [5, 5.41) is 12.3. The van der Waals surface area contributed by atoms with Gasteiger partial charge in [-0.25, -0.2) is 14.6 Å². The van der Waals surface area contributed by atoms with Crippen LogP contribution < -0.4 is 10.2 Å². The summed E-state index contributed by atoms with van der Waals surface area (Å²) in [5.41, 5.74) is 2.55. The maximum atomic E-state index is 13.4. The van der Waals surface area contributed by atoms with E-state index in [0.29, 0.717) is 11.3 Å². The molecule has 6 nitrogen and oxygen atoms in total. The van der Waals surface area contributed by atoms with Crippen LogP contribution in [0.5, 0.6) is 5.75 Å². The molecule has 0 atom stereocenters. The van der Waals surface area contributed by atoms with Crippen LogP contribution in [0.1, 0.15) is 15.9 Å². The first kappa shape index (κ1) is 16.2. The Kier molecular flexibility index (Phi) is 5.40. The van der Waals surface area contributed by atoms with E-state index in [2.05, 4.69) is 10.5 Å². The SMILES string of the molecule is O=C(O)COc1ccccc1/C=N\NC(=O)c1ccccc1F. The molecule has 7 heteroatoms. The number of carboxylic acids is 1. The molecule has 0 aliphatic heterocycles. The highest BCUT2D eigenvalue weighted by Gasteiger charge is 2.09. The highest BCUT2D eigenvalue weighted by Crippen LogP contribution is 2.15. The van der Waals surface area contributed by atoms with E-state index in [1.807, 2.05) is 0 Å². The second kappa shape index (κ2) is 7.69. The van der Waals surface area contributed by atoms with E-state index in [-0.39, 0.29) is 5.56 Å². The van der Waals surface area contributed by atoms with Crippen LogP contribution in [-0.2, 0) is 4.79 Å². The number of hydrazone groups is 1. The maximum Gasteiger partial charge on any atom is 0.341 e. The van der Waals surface area contributed by atoms with Crippen molar-refractivity contribution in [2.75, 3.05) is 6.61 Å². The van der Waals surface area contributed by atoms with Crippen LogP contribution in [0.15, 0.2) is 53.6 Å². The van der Waals surface area contributed by atoms with E-state index >= 15 is 0 Å². The highest BCUT2D eigenvalue weighted by molar-refractivity contribution is 5.95. The first-order valence-corrected chi connectivity index (χ1v) is 6.59. The molecule has 0 aliphatic rings. The number of carbonyl (C=O) groups is 2. The van der Waals surface area contributed by atoms with Crippen molar-refractivity contribution in [2.45, 2.75) is 0 Å². The molecule has 0 unspecified atom stereocenters. The second-order valence-electron chi connectivity index (χ2n) is 4.40. The second-order valence-corrected chi connectivity index (χ2v) is 4.40. The number of carboxylic acid groups (broad SMARTS) is 1. The summed E-state index contributed by atoms with van der Waals surface area (Å²) < 4.78 is 18.5. The Bertz CT molecular complexity index is 746. The van der Waals surface area contributed by atoms with Crippen LogP contribution in [0.4, 0.5) is 4.39 Å². The molecular weight excluding hydrogens is 303 g/mol. The Morgan fingerprint density at radius 2 is 1.87 bits per heavy atom. The monoisotopic (exact) mass is 316 g/mol. The van der Waals surface area contributed by atoms with Crippen LogP contribution in [0, 0.1) is 5.82 Å². The molecule has 23 heavy (non-hydrogen) atoms. The normalized spacial score (nSPS) is 10.5. The van der Waals surface area contributed by atoms with Gasteiger partial charge >= 0.3 is 5.97 Å². The molecule has 0 aromatic heterocycles. The molecule has 0 spiro atoms. The van der Waals surface area contributed by atoms with Gasteiger partial charge in [-0.15, -0.1) is 0 Å². The van der Waals surface area contributed by atoms with Crippen LogP contribution in [0.2, 0.25) is 0 Å². The molecular formula is C16H13FN2O4. The topological polar surface area (TPSA) is 88.0 Å². The summed E-state index contributed by atoms with van der Waals surface area (Å²) in [6, 6.07) is 12.1. The number of ether oxygens (including phenoxy) is 1. The lowest BCUT2D eigenvalue weighted by molar-refractivity contribution is -0.139. The van der Waals surface area contributed by atoms with Gasteiger partial charge in [0, 0.05) is 5.56 Å². The Hall–Kier alpha value is -3.22. The number of halogens is 1. The number of rotatable bonds is 6. The fraction of sp³-hybridized carbons (Fsp3) is 0.0625. The Morgan fingerprint density at radius 1 is 1.17 bits per heavy atom. The molecule has 2 rings (SSSR count). The molecule has 0 heterocycles. The number of aliphatic carboxylic acids is 1. The standard InChI is InChI=1S/C16H13FN2O4/c17-13-7-3-2-6-12(13)16(22)19-18-9-11-5-1-4-8-14(11)23-10-15(20)21/h1-9H,10H2,(H,19,22)(H,20,21)/b18-9-. The van der Waals surface area contributed by atoms with Gasteiger partial charge in [0.2, 0.25) is 0 Å². The number of hydrogen-bond acceptors (Lipinski definition) is 4. The van der Waals surface area contributed by atoms with Crippen LogP contribution in [0.3, 0.4) is 0 Å². The molecule has 0 fully saturated rings. The van der Waals surface area contributed by atoms with E-state index in [1.165, 1.54) is 30.5 Å². The van der Waals surface area contributed by atoms with Crippen LogP contribution in [0.25, 0.3) is 0 Å². The summed E-state index contributed by atoms with van der Waals surface area (Å²) in [6.45, 7) is -0.494. The van der Waals surface area contributed by atoms with Gasteiger partial charge in [-0.1, -0.05) is 24.3 Å². The molecule has 0 aliphatic carbocycles. The van der Waals surface area contributed by atoms with Gasteiger partial charge < -0.3 is 9.84 Å². The van der Waals surface area contributed by atoms with Gasteiger partial charge in [0.15, 0.2) is 6.61 Å². The molecule has 0 radical (unpaired) electrons. The minimum Gasteiger partial charge on any atom is -0.481 e. The quantitative estimate of drug-likeness (QED) is 0.630. The smallest absolute Gasteiger partial charge is 0.341 e. The minimum absolute atomic E-state index is 0.125. The third kappa shape index (κ3) is 4.63. The average molecular weight is 316 g/mol. The summed E-state index contributed by atoms with van der Waals surface area (Å²) in [7, 11) is 0. The summed E-state index contributed by atoms with van der Waals surface area (Å²) >= 11 is 0. The zero-order valence-electron chi connectivity index (χ0n) is 11.9. The molecule has 0 saturated heterocycles. The summed E-state index contributed by atoms with van der Waals surface area (Å²) in [5.74, 6) is -2.14. The molecule has 118 valence electrons. The number of para-hydroxylation sites is 1. The number of carbonyl (C=O) groups excluding carboxylic acids is 1. The first-order chi connectivity index (χ1) is 11.1. The summed E-state index contributed by atoms with van der Waals surface area (Å²) in [6.07, 6.45) is 1.29. The van der Waals surface area contributed by atoms with Gasteiger partial charge in [0.25, 0.3) is 5.91 Å². The molecule has 2 N–H and O–H groups in total. The third-order valence-electron chi connectivity index (χ3n) is 2.76. The van der Waals surface area contributed by atoms with E-state index < -0.39 is 24.3 Å². The lowest BCUT2D eigenvalue weighted by Gasteiger charge is -2.06. The summed E-state index contributed by atoms with van der Waals surface area (Å²) in [4.78, 5) is 22.3.